The van der Waals surface area contributed by atoms with Crippen LogP contribution in [0, 0.1) is 0 Å². The Morgan fingerprint density at radius 1 is 1.26 bits per heavy atom. The van der Waals surface area contributed by atoms with E-state index < -0.39 is 0 Å². The normalized spacial score (nSPS) is 16.2. The summed E-state index contributed by atoms with van der Waals surface area (Å²) in [4.78, 5) is 19.5. The van der Waals surface area contributed by atoms with Crippen molar-refractivity contribution in [2.75, 3.05) is 13.2 Å². The average Bonchev–Trinajstić information content (AvgIpc) is 3.33. The zero-order valence-corrected chi connectivity index (χ0v) is 16.4. The number of hydrogen-bond donors (Lipinski definition) is 0. The van der Waals surface area contributed by atoms with Crippen molar-refractivity contribution >= 4 is 17.2 Å². The molecule has 0 radical (unpaired) electrons. The topological polar surface area (TPSA) is 47.4 Å². The first-order chi connectivity index (χ1) is 13.2. The standard InChI is InChI=1S/C21H23N3O2S/c1-3-26-18-8-6-16(7-9-18)21-22-17(14-27-21)13-20(25)24-12-11-23-10-4-5-19(23)15(24)2/h4-10,14-15H,3,11-13H2,1-2H3. The fraction of sp³-hybridized carbons (Fsp3) is 0.333. The van der Waals surface area contributed by atoms with Crippen LogP contribution in [0.3, 0.4) is 0 Å². The number of ether oxygens (including phenoxy) is 1. The molecule has 1 aliphatic rings. The van der Waals surface area contributed by atoms with Crippen molar-refractivity contribution in [1.82, 2.24) is 14.5 Å². The molecule has 6 heteroatoms. The molecule has 0 saturated heterocycles. The number of thiazole rings is 1. The van der Waals surface area contributed by atoms with Crippen LogP contribution >= 0.6 is 11.3 Å². The minimum Gasteiger partial charge on any atom is -0.494 e. The van der Waals surface area contributed by atoms with Crippen LogP contribution in [0.25, 0.3) is 10.6 Å². The number of fused-ring (bicyclic) bond motifs is 1. The molecule has 140 valence electrons. The summed E-state index contributed by atoms with van der Waals surface area (Å²) in [5, 5.41) is 2.92. The first-order valence-electron chi connectivity index (χ1n) is 9.28. The highest BCUT2D eigenvalue weighted by atomic mass is 32.1. The Morgan fingerprint density at radius 3 is 2.85 bits per heavy atom. The maximum absolute atomic E-state index is 12.8. The van der Waals surface area contributed by atoms with Crippen molar-refractivity contribution in [3.63, 3.8) is 0 Å². The lowest BCUT2D eigenvalue weighted by atomic mass is 10.1. The summed E-state index contributed by atoms with van der Waals surface area (Å²) in [5.74, 6) is 0.996. The lowest BCUT2D eigenvalue weighted by molar-refractivity contribution is -0.133. The zero-order chi connectivity index (χ0) is 18.8. The third kappa shape index (κ3) is 3.62. The molecule has 3 heterocycles. The van der Waals surface area contributed by atoms with Crippen LogP contribution in [-0.4, -0.2) is 33.5 Å². The van der Waals surface area contributed by atoms with Crippen LogP contribution < -0.4 is 4.74 Å². The van der Waals surface area contributed by atoms with Crippen LogP contribution in [-0.2, 0) is 17.8 Å². The van der Waals surface area contributed by atoms with Gasteiger partial charge >= 0.3 is 0 Å². The predicted octanol–water partition coefficient (Wildman–Crippen LogP) is 4.16. The van der Waals surface area contributed by atoms with Gasteiger partial charge in [-0.25, -0.2) is 4.98 Å². The third-order valence-corrected chi connectivity index (χ3v) is 5.90. The second-order valence-corrected chi connectivity index (χ2v) is 7.53. The number of carbonyl (C=O) groups is 1. The molecule has 5 nitrogen and oxygen atoms in total. The highest BCUT2D eigenvalue weighted by molar-refractivity contribution is 7.13. The van der Waals surface area contributed by atoms with Gasteiger partial charge in [0.25, 0.3) is 0 Å². The van der Waals surface area contributed by atoms with Crippen molar-refractivity contribution in [2.24, 2.45) is 0 Å². The van der Waals surface area contributed by atoms with E-state index in [0.29, 0.717) is 13.0 Å². The van der Waals surface area contributed by atoms with Gasteiger partial charge in [0.15, 0.2) is 0 Å². The highest BCUT2D eigenvalue weighted by Crippen LogP contribution is 2.28. The maximum Gasteiger partial charge on any atom is 0.229 e. The Kier molecular flexibility index (Phi) is 4.99. The molecule has 1 amide bonds. The first-order valence-corrected chi connectivity index (χ1v) is 10.2. The Morgan fingerprint density at radius 2 is 2.07 bits per heavy atom. The maximum atomic E-state index is 12.8. The van der Waals surface area contributed by atoms with E-state index in [2.05, 4.69) is 28.7 Å². The molecular formula is C21H23N3O2S. The van der Waals surface area contributed by atoms with Gasteiger partial charge in [0.1, 0.15) is 10.8 Å². The number of carbonyl (C=O) groups excluding carboxylic acids is 1. The van der Waals surface area contributed by atoms with Crippen molar-refractivity contribution in [3.8, 4) is 16.3 Å². The van der Waals surface area contributed by atoms with Crippen LogP contribution in [0.4, 0.5) is 0 Å². The average molecular weight is 382 g/mol. The van der Waals surface area contributed by atoms with E-state index in [1.807, 2.05) is 47.5 Å². The van der Waals surface area contributed by atoms with Crippen LogP contribution in [0.5, 0.6) is 5.75 Å². The molecule has 0 fully saturated rings. The van der Waals surface area contributed by atoms with Gasteiger partial charge in [-0.15, -0.1) is 11.3 Å². The molecule has 0 saturated carbocycles. The summed E-state index contributed by atoms with van der Waals surface area (Å²) in [6.07, 6.45) is 2.43. The van der Waals surface area contributed by atoms with Gasteiger partial charge in [-0.2, -0.15) is 0 Å². The smallest absolute Gasteiger partial charge is 0.229 e. The van der Waals surface area contributed by atoms with Crippen molar-refractivity contribution < 1.29 is 9.53 Å². The van der Waals surface area contributed by atoms with E-state index in [4.69, 9.17) is 4.74 Å². The van der Waals surface area contributed by atoms with Crippen molar-refractivity contribution in [3.05, 3.63) is 59.4 Å². The molecule has 1 aromatic carbocycles. The van der Waals surface area contributed by atoms with Crippen molar-refractivity contribution in [1.29, 1.82) is 0 Å². The van der Waals surface area contributed by atoms with Crippen LogP contribution in [0.1, 0.15) is 31.3 Å². The lowest BCUT2D eigenvalue weighted by Crippen LogP contribution is -2.41. The fourth-order valence-corrected chi connectivity index (χ4v) is 4.38. The monoisotopic (exact) mass is 381 g/mol. The number of rotatable bonds is 5. The quantitative estimate of drug-likeness (QED) is 0.667. The SMILES string of the molecule is CCOc1ccc(-c2nc(CC(=O)N3CCn4cccc4C3C)cs2)cc1. The Hall–Kier alpha value is -2.60. The predicted molar refractivity (Wildman–Crippen MR) is 107 cm³/mol. The van der Waals surface area contributed by atoms with Gasteiger partial charge < -0.3 is 14.2 Å². The molecule has 1 aliphatic heterocycles. The molecule has 0 spiro atoms. The Labute approximate surface area is 163 Å². The van der Waals surface area contributed by atoms with E-state index in [9.17, 15) is 4.79 Å². The van der Waals surface area contributed by atoms with Gasteiger partial charge in [-0.3, -0.25) is 4.79 Å². The van der Waals surface area contributed by atoms with E-state index in [0.717, 1.165) is 35.1 Å². The number of hydrogen-bond acceptors (Lipinski definition) is 4. The fourth-order valence-electron chi connectivity index (χ4n) is 3.56. The summed E-state index contributed by atoms with van der Waals surface area (Å²) in [6, 6.07) is 12.2. The molecule has 1 atom stereocenters. The third-order valence-electron chi connectivity index (χ3n) is 4.96. The number of amides is 1. The van der Waals surface area contributed by atoms with Gasteiger partial charge in [0, 0.05) is 35.9 Å². The number of aromatic nitrogens is 2. The van der Waals surface area contributed by atoms with E-state index in [1.54, 1.807) is 11.3 Å². The summed E-state index contributed by atoms with van der Waals surface area (Å²) in [7, 11) is 0. The largest absolute Gasteiger partial charge is 0.494 e. The zero-order valence-electron chi connectivity index (χ0n) is 15.6. The minimum atomic E-state index is 0.102. The lowest BCUT2D eigenvalue weighted by Gasteiger charge is -2.34. The number of benzene rings is 1. The van der Waals surface area contributed by atoms with Crippen LogP contribution in [0.2, 0.25) is 0 Å². The van der Waals surface area contributed by atoms with Gasteiger partial charge in [-0.05, 0) is 50.2 Å². The molecule has 4 rings (SSSR count). The minimum absolute atomic E-state index is 0.102. The second kappa shape index (κ2) is 7.56. The molecular weight excluding hydrogens is 358 g/mol. The second-order valence-electron chi connectivity index (χ2n) is 6.67. The summed E-state index contributed by atoms with van der Waals surface area (Å²) >= 11 is 1.57. The van der Waals surface area contributed by atoms with E-state index >= 15 is 0 Å². The number of nitrogens with zero attached hydrogens (tertiary/aromatic N) is 3. The molecule has 0 aliphatic carbocycles. The van der Waals surface area contributed by atoms with Gasteiger partial charge in [0.05, 0.1) is 24.8 Å². The van der Waals surface area contributed by atoms with Gasteiger partial charge in [0.2, 0.25) is 5.91 Å². The molecule has 2 aromatic heterocycles. The molecule has 27 heavy (non-hydrogen) atoms. The first kappa shape index (κ1) is 17.8. The molecule has 1 unspecified atom stereocenters. The van der Waals surface area contributed by atoms with Crippen LogP contribution in [0.15, 0.2) is 48.0 Å². The molecule has 0 N–H and O–H groups in total. The summed E-state index contributed by atoms with van der Waals surface area (Å²) < 4.78 is 7.71. The molecule has 0 bridgehead atoms. The highest BCUT2D eigenvalue weighted by Gasteiger charge is 2.27. The van der Waals surface area contributed by atoms with E-state index in [-0.39, 0.29) is 11.9 Å². The summed E-state index contributed by atoms with van der Waals surface area (Å²) in [6.45, 7) is 6.32. The Bertz CT molecular complexity index is 929. The molecule has 3 aromatic rings. The summed E-state index contributed by atoms with van der Waals surface area (Å²) in [5.41, 5.74) is 3.08. The van der Waals surface area contributed by atoms with Crippen molar-refractivity contribution in [2.45, 2.75) is 32.9 Å². The van der Waals surface area contributed by atoms with E-state index in [1.165, 1.54) is 5.69 Å². The van der Waals surface area contributed by atoms with Gasteiger partial charge in [-0.1, -0.05) is 0 Å². The Balaban J connectivity index is 1.44.